The number of amides is 2. The number of hydrogen-bond donors (Lipinski definition) is 3. The molecule has 1 aromatic rings. The van der Waals surface area contributed by atoms with Gasteiger partial charge in [-0.05, 0) is 23.1 Å². The molecule has 126 valence electrons. The molecule has 6 nitrogen and oxygen atoms in total. The summed E-state index contributed by atoms with van der Waals surface area (Å²) in [6.45, 7) is 5.52. The van der Waals surface area contributed by atoms with Crippen LogP contribution in [0.5, 0.6) is 0 Å². The number of rotatable bonds is 6. The van der Waals surface area contributed by atoms with E-state index in [1.807, 2.05) is 20.8 Å². The summed E-state index contributed by atoms with van der Waals surface area (Å²) in [5.41, 5.74) is 0.0598. The molecule has 0 unspecified atom stereocenters. The fraction of sp³-hybridized carbons (Fsp3) is 0.438. The lowest BCUT2D eigenvalue weighted by atomic mass is 9.92. The van der Waals surface area contributed by atoms with Crippen LogP contribution >= 0.6 is 0 Å². The van der Waals surface area contributed by atoms with Gasteiger partial charge in [0.2, 0.25) is 11.8 Å². The summed E-state index contributed by atoms with van der Waals surface area (Å²) in [6.07, 6.45) is -0.137. The van der Waals surface area contributed by atoms with Crippen molar-refractivity contribution in [3.63, 3.8) is 0 Å². The molecule has 0 aliphatic rings. The van der Waals surface area contributed by atoms with E-state index in [4.69, 9.17) is 5.11 Å². The minimum Gasteiger partial charge on any atom is -0.481 e. The lowest BCUT2D eigenvalue weighted by Gasteiger charge is -2.17. The minimum absolute atomic E-state index is 0.0361. The van der Waals surface area contributed by atoms with Crippen molar-refractivity contribution in [3.8, 4) is 0 Å². The summed E-state index contributed by atoms with van der Waals surface area (Å²) < 4.78 is 13.7. The summed E-state index contributed by atoms with van der Waals surface area (Å²) in [4.78, 5) is 33.9. The first kappa shape index (κ1) is 18.6. The third kappa shape index (κ3) is 7.39. The SMILES string of the molecule is CC(C)(C)CC(=O)NCC(=O)Nc1ccc(CC(=O)O)c(F)c1. The van der Waals surface area contributed by atoms with E-state index in [1.54, 1.807) is 0 Å². The normalized spacial score (nSPS) is 11.0. The third-order valence-electron chi connectivity index (χ3n) is 2.82. The van der Waals surface area contributed by atoms with Gasteiger partial charge in [-0.1, -0.05) is 26.8 Å². The molecule has 0 fully saturated rings. The van der Waals surface area contributed by atoms with Crippen molar-refractivity contribution in [2.75, 3.05) is 11.9 Å². The van der Waals surface area contributed by atoms with E-state index >= 15 is 0 Å². The van der Waals surface area contributed by atoms with Crippen molar-refractivity contribution in [3.05, 3.63) is 29.6 Å². The third-order valence-corrected chi connectivity index (χ3v) is 2.82. The molecule has 0 heterocycles. The van der Waals surface area contributed by atoms with Gasteiger partial charge in [0.05, 0.1) is 13.0 Å². The highest BCUT2D eigenvalue weighted by Crippen LogP contribution is 2.18. The molecular weight excluding hydrogens is 303 g/mol. The van der Waals surface area contributed by atoms with Crippen molar-refractivity contribution in [1.82, 2.24) is 5.32 Å². The minimum atomic E-state index is -1.14. The maximum absolute atomic E-state index is 13.7. The fourth-order valence-corrected chi connectivity index (χ4v) is 1.86. The highest BCUT2D eigenvalue weighted by atomic mass is 19.1. The first-order chi connectivity index (χ1) is 10.6. The van der Waals surface area contributed by atoms with Crippen LogP contribution in [-0.2, 0) is 20.8 Å². The molecular formula is C16H21FN2O4. The number of carbonyl (C=O) groups is 3. The average molecular weight is 324 g/mol. The Balaban J connectivity index is 2.53. The van der Waals surface area contributed by atoms with Crippen molar-refractivity contribution in [2.24, 2.45) is 5.41 Å². The van der Waals surface area contributed by atoms with Crippen LogP contribution in [0.25, 0.3) is 0 Å². The van der Waals surface area contributed by atoms with Crippen LogP contribution in [0.1, 0.15) is 32.8 Å². The number of hydrogen-bond acceptors (Lipinski definition) is 3. The van der Waals surface area contributed by atoms with Crippen LogP contribution in [0.2, 0.25) is 0 Å². The zero-order valence-electron chi connectivity index (χ0n) is 13.4. The summed E-state index contributed by atoms with van der Waals surface area (Å²) in [7, 11) is 0. The molecule has 0 atom stereocenters. The Morgan fingerprint density at radius 2 is 1.83 bits per heavy atom. The monoisotopic (exact) mass is 324 g/mol. The van der Waals surface area contributed by atoms with Crippen molar-refractivity contribution in [1.29, 1.82) is 0 Å². The lowest BCUT2D eigenvalue weighted by Crippen LogP contribution is -2.34. The number of benzene rings is 1. The Morgan fingerprint density at radius 1 is 1.17 bits per heavy atom. The number of nitrogens with one attached hydrogen (secondary N) is 2. The highest BCUT2D eigenvalue weighted by Gasteiger charge is 2.16. The van der Waals surface area contributed by atoms with Crippen molar-refractivity contribution >= 4 is 23.5 Å². The number of aliphatic carboxylic acids is 1. The summed E-state index contributed by atoms with van der Waals surface area (Å²) >= 11 is 0. The van der Waals surface area contributed by atoms with Gasteiger partial charge in [-0.25, -0.2) is 4.39 Å². The van der Waals surface area contributed by atoms with Crippen LogP contribution in [0.15, 0.2) is 18.2 Å². The first-order valence-corrected chi connectivity index (χ1v) is 7.13. The van der Waals surface area contributed by atoms with Crippen LogP contribution in [0.3, 0.4) is 0 Å². The molecule has 0 spiro atoms. The smallest absolute Gasteiger partial charge is 0.307 e. The molecule has 7 heteroatoms. The van der Waals surface area contributed by atoms with Crippen LogP contribution in [0.4, 0.5) is 10.1 Å². The van der Waals surface area contributed by atoms with Gasteiger partial charge in [-0.3, -0.25) is 14.4 Å². The van der Waals surface area contributed by atoms with Gasteiger partial charge in [0, 0.05) is 12.1 Å². The van der Waals surface area contributed by atoms with Gasteiger partial charge in [0.15, 0.2) is 0 Å². The zero-order chi connectivity index (χ0) is 17.6. The van der Waals surface area contributed by atoms with E-state index in [0.29, 0.717) is 6.42 Å². The Bertz CT molecular complexity index is 609. The van der Waals surface area contributed by atoms with Gasteiger partial charge < -0.3 is 15.7 Å². The molecule has 0 aliphatic carbocycles. The summed E-state index contributed by atoms with van der Waals surface area (Å²) in [6, 6.07) is 3.76. The number of carboxylic acid groups (broad SMARTS) is 1. The molecule has 0 bridgehead atoms. The van der Waals surface area contributed by atoms with E-state index in [1.165, 1.54) is 12.1 Å². The molecule has 0 saturated carbocycles. The van der Waals surface area contributed by atoms with Crippen LogP contribution in [0, 0.1) is 11.2 Å². The average Bonchev–Trinajstić information content (AvgIpc) is 2.37. The van der Waals surface area contributed by atoms with Gasteiger partial charge in [-0.2, -0.15) is 0 Å². The zero-order valence-corrected chi connectivity index (χ0v) is 13.4. The molecule has 23 heavy (non-hydrogen) atoms. The fourth-order valence-electron chi connectivity index (χ4n) is 1.86. The predicted molar refractivity (Wildman–Crippen MR) is 83.5 cm³/mol. The standard InChI is InChI=1S/C16H21FN2O4/c1-16(2,3)8-13(20)18-9-14(21)19-11-5-4-10(6-15(22)23)12(17)7-11/h4-5,7H,6,8-9H2,1-3H3,(H,18,20)(H,19,21)(H,22,23). The molecule has 1 rings (SSSR count). The molecule has 0 aromatic heterocycles. The Kier molecular flexibility index (Phi) is 6.24. The van der Waals surface area contributed by atoms with E-state index in [9.17, 15) is 18.8 Å². The van der Waals surface area contributed by atoms with Gasteiger partial charge in [-0.15, -0.1) is 0 Å². The van der Waals surface area contributed by atoms with E-state index in [0.717, 1.165) is 6.07 Å². The number of carboxylic acids is 1. The van der Waals surface area contributed by atoms with Gasteiger partial charge in [0.25, 0.3) is 0 Å². The summed E-state index contributed by atoms with van der Waals surface area (Å²) in [5, 5.41) is 13.6. The first-order valence-electron chi connectivity index (χ1n) is 7.13. The van der Waals surface area contributed by atoms with Crippen LogP contribution < -0.4 is 10.6 Å². The summed E-state index contributed by atoms with van der Waals surface area (Å²) in [5.74, 6) is -2.57. The van der Waals surface area contributed by atoms with Gasteiger partial charge in [0.1, 0.15) is 5.82 Å². The van der Waals surface area contributed by atoms with E-state index < -0.39 is 24.1 Å². The molecule has 0 radical (unpaired) electrons. The van der Waals surface area contributed by atoms with Gasteiger partial charge >= 0.3 is 5.97 Å². The molecule has 0 aliphatic heterocycles. The second kappa shape index (κ2) is 7.71. The number of carbonyl (C=O) groups excluding carboxylic acids is 2. The molecule has 3 N–H and O–H groups in total. The highest BCUT2D eigenvalue weighted by molar-refractivity contribution is 5.94. The quantitative estimate of drug-likeness (QED) is 0.745. The maximum atomic E-state index is 13.7. The van der Waals surface area contributed by atoms with Crippen molar-refractivity contribution < 1.29 is 23.9 Å². The number of anilines is 1. The van der Waals surface area contributed by atoms with Crippen LogP contribution in [-0.4, -0.2) is 29.4 Å². The number of halogens is 1. The Labute approximate surface area is 134 Å². The lowest BCUT2D eigenvalue weighted by molar-refractivity contribution is -0.136. The second-order valence-electron chi connectivity index (χ2n) is 6.44. The predicted octanol–water partition coefficient (Wildman–Crippen LogP) is 1.94. The topological polar surface area (TPSA) is 95.5 Å². The van der Waals surface area contributed by atoms with E-state index in [2.05, 4.69) is 10.6 Å². The Hall–Kier alpha value is -2.44. The molecule has 1 aromatic carbocycles. The maximum Gasteiger partial charge on any atom is 0.307 e. The Morgan fingerprint density at radius 3 is 2.35 bits per heavy atom. The van der Waals surface area contributed by atoms with Crippen molar-refractivity contribution in [2.45, 2.75) is 33.6 Å². The largest absolute Gasteiger partial charge is 0.481 e. The molecule has 0 saturated heterocycles. The second-order valence-corrected chi connectivity index (χ2v) is 6.44. The van der Waals surface area contributed by atoms with E-state index in [-0.39, 0.29) is 29.1 Å². The molecule has 2 amide bonds.